The number of carbonyl (C=O) groups excluding carboxylic acids is 1. The Kier molecular flexibility index (Phi) is 6.80. The van der Waals surface area contributed by atoms with Crippen LogP contribution in [-0.2, 0) is 4.74 Å². The number of hydrogen-bond acceptors (Lipinski definition) is 3. The van der Waals surface area contributed by atoms with Gasteiger partial charge in [0.1, 0.15) is 5.60 Å². The third kappa shape index (κ3) is 6.47. The van der Waals surface area contributed by atoms with Crippen molar-refractivity contribution in [3.63, 3.8) is 0 Å². The summed E-state index contributed by atoms with van der Waals surface area (Å²) in [5.74, 6) is 0.846. The van der Waals surface area contributed by atoms with Crippen molar-refractivity contribution in [2.24, 2.45) is 11.3 Å². The molecule has 1 saturated carbocycles. The van der Waals surface area contributed by atoms with Gasteiger partial charge in [-0.15, -0.1) is 0 Å². The topological polar surface area (TPSA) is 41.6 Å². The summed E-state index contributed by atoms with van der Waals surface area (Å²) in [6.45, 7) is 14.7. The number of piperidine rings is 1. The Morgan fingerprint density at radius 3 is 2.20 bits per heavy atom. The third-order valence-electron chi connectivity index (χ3n) is 5.85. The molecule has 0 aromatic heterocycles. The van der Waals surface area contributed by atoms with Gasteiger partial charge in [-0.05, 0) is 77.0 Å². The van der Waals surface area contributed by atoms with E-state index in [2.05, 4.69) is 26.1 Å². The maximum absolute atomic E-state index is 12.5. The summed E-state index contributed by atoms with van der Waals surface area (Å²) in [4.78, 5) is 14.5. The van der Waals surface area contributed by atoms with Crippen molar-refractivity contribution < 1.29 is 9.53 Å². The fourth-order valence-electron chi connectivity index (χ4n) is 4.24. The molecule has 2 fully saturated rings. The minimum Gasteiger partial charge on any atom is -0.444 e. The highest BCUT2D eigenvalue weighted by atomic mass is 16.6. The summed E-state index contributed by atoms with van der Waals surface area (Å²) in [7, 11) is 0. The van der Waals surface area contributed by atoms with Crippen molar-refractivity contribution >= 4 is 6.09 Å². The number of likely N-dealkylation sites (tertiary alicyclic amines) is 1. The molecule has 1 heterocycles. The molecule has 1 saturated heterocycles. The van der Waals surface area contributed by atoms with E-state index in [-0.39, 0.29) is 12.1 Å². The number of rotatable bonds is 3. The summed E-state index contributed by atoms with van der Waals surface area (Å²) in [6.07, 6.45) is 8.42. The maximum atomic E-state index is 12.5. The fourth-order valence-corrected chi connectivity index (χ4v) is 4.24. The standard InChI is InChI=1S/C21H40N2O2/c1-20(2,3)16-10-12-17(13-11-16)22-15-18-9-7-8-14-23(18)19(24)25-21(4,5)6/h16-18,22H,7-15H2,1-6H3/t16?,17?,18-/m1/s1. The molecule has 4 nitrogen and oxygen atoms in total. The predicted octanol–water partition coefficient (Wildman–Crippen LogP) is 4.97. The summed E-state index contributed by atoms with van der Waals surface area (Å²) in [6, 6.07) is 0.893. The van der Waals surface area contributed by atoms with Gasteiger partial charge in [0.15, 0.2) is 0 Å². The summed E-state index contributed by atoms with van der Waals surface area (Å²) in [5.41, 5.74) is 0.0136. The van der Waals surface area contributed by atoms with Gasteiger partial charge in [0, 0.05) is 25.2 Å². The molecule has 1 amide bonds. The highest BCUT2D eigenvalue weighted by Gasteiger charge is 2.32. The molecule has 1 atom stereocenters. The monoisotopic (exact) mass is 352 g/mol. The molecule has 0 aromatic rings. The Bertz CT molecular complexity index is 428. The molecule has 1 aliphatic heterocycles. The Labute approximate surface area is 155 Å². The molecule has 1 N–H and O–H groups in total. The average molecular weight is 353 g/mol. The van der Waals surface area contributed by atoms with E-state index in [9.17, 15) is 4.79 Å². The van der Waals surface area contributed by atoms with Gasteiger partial charge in [-0.3, -0.25) is 0 Å². The highest BCUT2D eigenvalue weighted by Crippen LogP contribution is 2.37. The fraction of sp³-hybridized carbons (Fsp3) is 0.952. The summed E-state index contributed by atoms with van der Waals surface area (Å²) in [5, 5.41) is 3.76. The van der Waals surface area contributed by atoms with Crippen LogP contribution in [0, 0.1) is 11.3 Å². The summed E-state index contributed by atoms with van der Waals surface area (Å²) >= 11 is 0. The zero-order valence-corrected chi connectivity index (χ0v) is 17.4. The van der Waals surface area contributed by atoms with Crippen LogP contribution in [0.5, 0.6) is 0 Å². The van der Waals surface area contributed by atoms with Gasteiger partial charge in [-0.25, -0.2) is 4.79 Å². The van der Waals surface area contributed by atoms with E-state index in [1.165, 1.54) is 32.1 Å². The molecule has 2 aliphatic rings. The van der Waals surface area contributed by atoms with Gasteiger partial charge in [0.25, 0.3) is 0 Å². The summed E-state index contributed by atoms with van der Waals surface area (Å²) < 4.78 is 5.61. The van der Waals surface area contributed by atoms with Crippen molar-refractivity contribution in [2.45, 2.75) is 104 Å². The molecule has 4 heteroatoms. The second-order valence-corrected chi connectivity index (χ2v) is 10.1. The quantitative estimate of drug-likeness (QED) is 0.779. The number of nitrogens with zero attached hydrogens (tertiary/aromatic N) is 1. The van der Waals surface area contributed by atoms with Crippen LogP contribution < -0.4 is 5.32 Å². The zero-order chi connectivity index (χ0) is 18.7. The predicted molar refractivity (Wildman–Crippen MR) is 104 cm³/mol. The van der Waals surface area contributed by atoms with E-state index < -0.39 is 5.60 Å². The highest BCUT2D eigenvalue weighted by molar-refractivity contribution is 5.68. The zero-order valence-electron chi connectivity index (χ0n) is 17.4. The number of amides is 1. The first-order chi connectivity index (χ1) is 11.6. The van der Waals surface area contributed by atoms with Crippen LogP contribution in [0.3, 0.4) is 0 Å². The maximum Gasteiger partial charge on any atom is 0.410 e. The van der Waals surface area contributed by atoms with Crippen molar-refractivity contribution in [3.05, 3.63) is 0 Å². The van der Waals surface area contributed by atoms with E-state index in [4.69, 9.17) is 4.74 Å². The molecule has 0 unspecified atom stereocenters. The molecule has 0 bridgehead atoms. The normalized spacial score (nSPS) is 28.7. The Hall–Kier alpha value is -0.770. The lowest BCUT2D eigenvalue weighted by molar-refractivity contribution is 0.00933. The van der Waals surface area contributed by atoms with Crippen LogP contribution >= 0.6 is 0 Å². The van der Waals surface area contributed by atoms with E-state index in [0.29, 0.717) is 11.5 Å². The molecular weight excluding hydrogens is 312 g/mol. The van der Waals surface area contributed by atoms with Crippen LogP contribution in [-0.4, -0.2) is 41.8 Å². The van der Waals surface area contributed by atoms with Crippen molar-refractivity contribution in [3.8, 4) is 0 Å². The minimum atomic E-state index is -0.419. The third-order valence-corrected chi connectivity index (χ3v) is 5.85. The van der Waals surface area contributed by atoms with Gasteiger partial charge in [0.2, 0.25) is 0 Å². The first-order valence-electron chi connectivity index (χ1n) is 10.3. The number of ether oxygens (including phenoxy) is 1. The SMILES string of the molecule is CC(C)(C)OC(=O)N1CCCC[C@@H]1CNC1CCC(C(C)(C)C)CC1. The Morgan fingerprint density at radius 1 is 1.00 bits per heavy atom. The first-order valence-corrected chi connectivity index (χ1v) is 10.3. The van der Waals surface area contributed by atoms with Gasteiger partial charge in [0.05, 0.1) is 0 Å². The lowest BCUT2D eigenvalue weighted by Gasteiger charge is -2.40. The van der Waals surface area contributed by atoms with Gasteiger partial charge in [-0.2, -0.15) is 0 Å². The van der Waals surface area contributed by atoms with E-state index in [0.717, 1.165) is 31.8 Å². The van der Waals surface area contributed by atoms with E-state index in [1.807, 2.05) is 25.7 Å². The van der Waals surface area contributed by atoms with Gasteiger partial charge in [-0.1, -0.05) is 20.8 Å². The molecule has 2 rings (SSSR count). The molecular formula is C21H40N2O2. The lowest BCUT2D eigenvalue weighted by atomic mass is 9.71. The lowest BCUT2D eigenvalue weighted by Crippen LogP contribution is -2.51. The van der Waals surface area contributed by atoms with Crippen molar-refractivity contribution in [1.82, 2.24) is 10.2 Å². The average Bonchev–Trinajstić information content (AvgIpc) is 2.51. The van der Waals surface area contributed by atoms with Crippen LogP contribution in [0.1, 0.15) is 86.5 Å². The largest absolute Gasteiger partial charge is 0.444 e. The Morgan fingerprint density at radius 2 is 1.64 bits per heavy atom. The van der Waals surface area contributed by atoms with Crippen LogP contribution in [0.25, 0.3) is 0 Å². The minimum absolute atomic E-state index is 0.143. The number of nitrogens with one attached hydrogen (secondary N) is 1. The van der Waals surface area contributed by atoms with Crippen LogP contribution in [0.2, 0.25) is 0 Å². The second kappa shape index (κ2) is 8.28. The van der Waals surface area contributed by atoms with Crippen molar-refractivity contribution in [2.75, 3.05) is 13.1 Å². The molecule has 0 radical (unpaired) electrons. The Balaban J connectivity index is 1.81. The molecule has 0 spiro atoms. The van der Waals surface area contributed by atoms with E-state index in [1.54, 1.807) is 0 Å². The number of hydrogen-bond donors (Lipinski definition) is 1. The molecule has 1 aliphatic carbocycles. The second-order valence-electron chi connectivity index (χ2n) is 10.1. The smallest absolute Gasteiger partial charge is 0.410 e. The number of carbonyl (C=O) groups is 1. The molecule has 25 heavy (non-hydrogen) atoms. The van der Waals surface area contributed by atoms with Crippen LogP contribution in [0.15, 0.2) is 0 Å². The van der Waals surface area contributed by atoms with Gasteiger partial charge < -0.3 is 15.0 Å². The van der Waals surface area contributed by atoms with E-state index >= 15 is 0 Å². The van der Waals surface area contributed by atoms with Gasteiger partial charge >= 0.3 is 6.09 Å². The van der Waals surface area contributed by atoms with Crippen LogP contribution in [0.4, 0.5) is 4.79 Å². The first kappa shape index (κ1) is 20.5. The van der Waals surface area contributed by atoms with Crippen molar-refractivity contribution in [1.29, 1.82) is 0 Å². The molecule has 0 aromatic carbocycles. The molecule has 146 valence electrons.